The Bertz CT molecular complexity index is 690. The van der Waals surface area contributed by atoms with Crippen molar-refractivity contribution < 1.29 is 9.53 Å². The fraction of sp³-hybridized carbons (Fsp3) is 0.471. The molecule has 1 spiro atoms. The maximum absolute atomic E-state index is 12.5. The summed E-state index contributed by atoms with van der Waals surface area (Å²) in [4.78, 5) is 18.6. The topological polar surface area (TPSA) is 71.1 Å². The predicted molar refractivity (Wildman–Crippen MR) is 83.7 cm³/mol. The van der Waals surface area contributed by atoms with Gasteiger partial charge in [0.15, 0.2) is 0 Å². The molecule has 120 valence electrons. The van der Waals surface area contributed by atoms with E-state index in [0.29, 0.717) is 19.5 Å². The number of carbonyl (C=O) groups is 1. The van der Waals surface area contributed by atoms with Crippen LogP contribution in [0.25, 0.3) is 0 Å². The lowest BCUT2D eigenvalue weighted by atomic mass is 9.83. The highest BCUT2D eigenvalue weighted by Crippen LogP contribution is 2.40. The average molecular weight is 312 g/mol. The first-order valence-electron chi connectivity index (χ1n) is 8.11. The second kappa shape index (κ2) is 5.77. The van der Waals surface area contributed by atoms with Crippen LogP contribution < -0.4 is 0 Å². The molecule has 0 aliphatic carbocycles. The number of nitrogens with one attached hydrogen (secondary N) is 1. The minimum absolute atomic E-state index is 0.138. The molecular formula is C17H20N4O2. The molecule has 6 heteroatoms. The lowest BCUT2D eigenvalue weighted by Gasteiger charge is -2.43. The summed E-state index contributed by atoms with van der Waals surface area (Å²) >= 11 is 0. The summed E-state index contributed by atoms with van der Waals surface area (Å²) < 4.78 is 6.12. The Morgan fingerprint density at radius 2 is 2.22 bits per heavy atom. The number of nitrogens with zero attached hydrogens (tertiary/aromatic N) is 3. The van der Waals surface area contributed by atoms with Gasteiger partial charge in [-0.2, -0.15) is 5.10 Å². The van der Waals surface area contributed by atoms with Crippen molar-refractivity contribution >= 4 is 5.91 Å². The van der Waals surface area contributed by atoms with Crippen LogP contribution in [0.2, 0.25) is 0 Å². The van der Waals surface area contributed by atoms with E-state index >= 15 is 0 Å². The lowest BCUT2D eigenvalue weighted by Crippen LogP contribution is -2.48. The third-order valence-corrected chi connectivity index (χ3v) is 4.91. The number of ether oxygens (including phenoxy) is 1. The number of pyridine rings is 1. The summed E-state index contributed by atoms with van der Waals surface area (Å²) in [6, 6.07) is 5.67. The van der Waals surface area contributed by atoms with E-state index in [-0.39, 0.29) is 11.5 Å². The van der Waals surface area contributed by atoms with Crippen molar-refractivity contribution in [2.24, 2.45) is 0 Å². The number of hydrogen-bond donors (Lipinski definition) is 1. The maximum Gasteiger partial charge on any atom is 0.228 e. The minimum atomic E-state index is -0.286. The van der Waals surface area contributed by atoms with Crippen LogP contribution in [0.3, 0.4) is 0 Å². The van der Waals surface area contributed by atoms with E-state index in [1.165, 1.54) is 5.56 Å². The number of hydrogen-bond acceptors (Lipinski definition) is 4. The van der Waals surface area contributed by atoms with Crippen LogP contribution in [0.5, 0.6) is 0 Å². The van der Waals surface area contributed by atoms with E-state index in [9.17, 15) is 4.79 Å². The van der Waals surface area contributed by atoms with Crippen molar-refractivity contribution in [1.82, 2.24) is 20.1 Å². The molecule has 0 unspecified atom stereocenters. The fourth-order valence-corrected chi connectivity index (χ4v) is 3.60. The molecule has 0 saturated carbocycles. The lowest BCUT2D eigenvalue weighted by molar-refractivity contribution is -0.140. The van der Waals surface area contributed by atoms with Gasteiger partial charge in [0, 0.05) is 25.0 Å². The van der Waals surface area contributed by atoms with E-state index < -0.39 is 0 Å². The minimum Gasteiger partial charge on any atom is -0.368 e. The van der Waals surface area contributed by atoms with Gasteiger partial charge < -0.3 is 9.64 Å². The highest BCUT2D eigenvalue weighted by atomic mass is 16.5. The van der Waals surface area contributed by atoms with Crippen LogP contribution in [-0.4, -0.2) is 45.7 Å². The zero-order valence-corrected chi connectivity index (χ0v) is 13.0. The number of likely N-dealkylation sites (tertiary alicyclic amines) is 1. The predicted octanol–water partition coefficient (Wildman–Crippen LogP) is 1.44. The van der Waals surface area contributed by atoms with Crippen LogP contribution in [0.15, 0.2) is 30.6 Å². The third kappa shape index (κ3) is 2.63. The summed E-state index contributed by atoms with van der Waals surface area (Å²) in [6.07, 6.45) is 6.54. The summed E-state index contributed by atoms with van der Waals surface area (Å²) in [7, 11) is 0. The van der Waals surface area contributed by atoms with Crippen LogP contribution >= 0.6 is 0 Å². The van der Waals surface area contributed by atoms with Gasteiger partial charge in [-0.1, -0.05) is 6.07 Å². The quantitative estimate of drug-likeness (QED) is 0.911. The van der Waals surface area contributed by atoms with Crippen molar-refractivity contribution in [2.75, 3.05) is 19.7 Å². The van der Waals surface area contributed by atoms with Crippen LogP contribution in [0.4, 0.5) is 0 Å². The molecule has 1 N–H and O–H groups in total. The van der Waals surface area contributed by atoms with Gasteiger partial charge in [-0.15, -0.1) is 0 Å². The molecule has 1 saturated heterocycles. The number of aromatic nitrogens is 3. The molecule has 23 heavy (non-hydrogen) atoms. The summed E-state index contributed by atoms with van der Waals surface area (Å²) in [5, 5.41) is 7.28. The van der Waals surface area contributed by atoms with Gasteiger partial charge in [0.1, 0.15) is 5.60 Å². The number of aromatic amines is 1. The van der Waals surface area contributed by atoms with E-state index in [4.69, 9.17) is 4.74 Å². The van der Waals surface area contributed by atoms with E-state index in [0.717, 1.165) is 37.3 Å². The van der Waals surface area contributed by atoms with Crippen molar-refractivity contribution in [1.29, 1.82) is 0 Å². The third-order valence-electron chi connectivity index (χ3n) is 4.91. The van der Waals surface area contributed by atoms with Crippen molar-refractivity contribution in [3.63, 3.8) is 0 Å². The fourth-order valence-electron chi connectivity index (χ4n) is 3.60. The molecule has 0 bridgehead atoms. The molecular weight excluding hydrogens is 292 g/mol. The molecule has 2 aliphatic heterocycles. The first kappa shape index (κ1) is 14.4. The maximum atomic E-state index is 12.5. The van der Waals surface area contributed by atoms with Crippen LogP contribution in [0, 0.1) is 0 Å². The molecule has 6 nitrogen and oxygen atoms in total. The van der Waals surface area contributed by atoms with Gasteiger partial charge in [-0.3, -0.25) is 14.9 Å². The van der Waals surface area contributed by atoms with Gasteiger partial charge in [-0.25, -0.2) is 0 Å². The average Bonchev–Trinajstić information content (AvgIpc) is 3.07. The zero-order chi connectivity index (χ0) is 15.7. The molecule has 2 aromatic rings. The van der Waals surface area contributed by atoms with Crippen LogP contribution in [-0.2, 0) is 28.0 Å². The highest BCUT2D eigenvalue weighted by Gasteiger charge is 2.42. The normalized spacial score (nSPS) is 19.6. The van der Waals surface area contributed by atoms with Gasteiger partial charge >= 0.3 is 0 Å². The zero-order valence-electron chi connectivity index (χ0n) is 13.0. The summed E-state index contributed by atoms with van der Waals surface area (Å²) in [5.41, 5.74) is 2.90. The molecule has 2 aromatic heterocycles. The Kier molecular flexibility index (Phi) is 3.61. The summed E-state index contributed by atoms with van der Waals surface area (Å²) in [6.45, 7) is 2.16. The molecule has 0 radical (unpaired) electrons. The Hall–Kier alpha value is -2.21. The first-order valence-corrected chi connectivity index (χ1v) is 8.11. The van der Waals surface area contributed by atoms with Crippen molar-refractivity contribution in [2.45, 2.75) is 31.3 Å². The number of piperidine rings is 1. The van der Waals surface area contributed by atoms with Gasteiger partial charge in [0.2, 0.25) is 5.91 Å². The summed E-state index contributed by atoms with van der Waals surface area (Å²) in [5.74, 6) is 0.138. The number of H-pyrrole nitrogens is 1. The Labute approximate surface area is 134 Å². The van der Waals surface area contributed by atoms with E-state index in [1.807, 2.05) is 29.3 Å². The largest absolute Gasteiger partial charge is 0.368 e. The number of rotatable bonds is 2. The Morgan fingerprint density at radius 1 is 1.35 bits per heavy atom. The second-order valence-electron chi connectivity index (χ2n) is 6.24. The van der Waals surface area contributed by atoms with E-state index in [2.05, 4.69) is 15.2 Å². The Balaban J connectivity index is 1.43. The second-order valence-corrected chi connectivity index (χ2v) is 6.24. The van der Waals surface area contributed by atoms with Crippen LogP contribution in [0.1, 0.15) is 29.8 Å². The van der Waals surface area contributed by atoms with Gasteiger partial charge in [0.05, 0.1) is 24.9 Å². The molecule has 1 fully saturated rings. The van der Waals surface area contributed by atoms with Gasteiger partial charge in [-0.05, 0) is 37.0 Å². The smallest absolute Gasteiger partial charge is 0.228 e. The molecule has 0 atom stereocenters. The van der Waals surface area contributed by atoms with Crippen molar-refractivity contribution in [3.05, 3.63) is 47.5 Å². The molecule has 0 aromatic carbocycles. The molecule has 2 aliphatic rings. The van der Waals surface area contributed by atoms with Crippen molar-refractivity contribution in [3.8, 4) is 0 Å². The standard InChI is InChI=1S/C17H20N4O2/c22-15(11-14-3-1-2-7-18-14)21-8-5-17(6-9-21)16-13(4-10-23-17)12-19-20-16/h1-3,7,12H,4-6,8-11H2,(H,19,20). The first-order chi connectivity index (χ1) is 11.3. The highest BCUT2D eigenvalue weighted by molar-refractivity contribution is 5.78. The monoisotopic (exact) mass is 312 g/mol. The Morgan fingerprint density at radius 3 is 3.00 bits per heavy atom. The number of carbonyl (C=O) groups excluding carboxylic acids is 1. The molecule has 4 rings (SSSR count). The number of amides is 1. The van der Waals surface area contributed by atoms with E-state index in [1.54, 1.807) is 6.20 Å². The SMILES string of the molecule is O=C(Cc1ccccn1)N1CCC2(CC1)OCCc1cn[nH]c12. The molecule has 1 amide bonds. The number of fused-ring (bicyclic) bond motifs is 2. The molecule has 4 heterocycles. The van der Waals surface area contributed by atoms with Gasteiger partial charge in [0.25, 0.3) is 0 Å².